The number of piperidine rings is 1. The number of aromatic nitrogens is 2. The molecule has 1 aliphatic carbocycles. The molecule has 1 saturated carbocycles. The number of likely N-dealkylation sites (tertiary alicyclic amines) is 1. The smallest absolute Gasteiger partial charge is 0.323 e. The fraction of sp³-hybridized carbons (Fsp3) is 0.600. The monoisotopic (exact) mass is 223 g/mol. The number of imidazole rings is 1. The standard InChI is InChI=1S/C10H13N3O3/c14-5-10-1-6(10)3-13(4-10)8(15)7-2-11-9(16)12-7/h2,6,14H,1,3-5H2,(H2,11,12,16)/t6-,10+/m1/s1. The van der Waals surface area contributed by atoms with Gasteiger partial charge in [-0.15, -0.1) is 0 Å². The van der Waals surface area contributed by atoms with Crippen molar-refractivity contribution in [1.82, 2.24) is 14.9 Å². The summed E-state index contributed by atoms with van der Waals surface area (Å²) < 4.78 is 0. The van der Waals surface area contributed by atoms with Crippen molar-refractivity contribution in [2.24, 2.45) is 11.3 Å². The SMILES string of the molecule is O=C(c1c[nH]c(=O)[nH]1)N1C[C@H]2C[C@@]2(CO)C1. The number of aliphatic hydroxyl groups excluding tert-OH is 1. The van der Waals surface area contributed by atoms with E-state index in [0.29, 0.717) is 24.7 Å². The fourth-order valence-electron chi connectivity index (χ4n) is 2.61. The number of carbonyl (C=O) groups is 1. The fourth-order valence-corrected chi connectivity index (χ4v) is 2.61. The number of nitrogens with zero attached hydrogens (tertiary/aromatic N) is 1. The van der Waals surface area contributed by atoms with Crippen LogP contribution in [-0.4, -0.2) is 45.6 Å². The third-order valence-electron chi connectivity index (χ3n) is 3.73. The first-order valence-corrected chi connectivity index (χ1v) is 5.32. The zero-order chi connectivity index (χ0) is 11.3. The van der Waals surface area contributed by atoms with Crippen LogP contribution in [0.2, 0.25) is 0 Å². The van der Waals surface area contributed by atoms with E-state index in [9.17, 15) is 14.7 Å². The molecule has 0 unspecified atom stereocenters. The lowest BCUT2D eigenvalue weighted by Gasteiger charge is -2.19. The Morgan fingerprint density at radius 3 is 3.06 bits per heavy atom. The van der Waals surface area contributed by atoms with Crippen LogP contribution >= 0.6 is 0 Å². The first-order chi connectivity index (χ1) is 7.64. The minimum absolute atomic E-state index is 0.0493. The van der Waals surface area contributed by atoms with Crippen LogP contribution in [0.3, 0.4) is 0 Å². The summed E-state index contributed by atoms with van der Waals surface area (Å²) in [7, 11) is 0. The molecule has 1 aromatic heterocycles. The Kier molecular flexibility index (Phi) is 1.79. The summed E-state index contributed by atoms with van der Waals surface area (Å²) in [4.78, 5) is 29.4. The van der Waals surface area contributed by atoms with E-state index >= 15 is 0 Å². The van der Waals surface area contributed by atoms with Gasteiger partial charge in [0.1, 0.15) is 5.69 Å². The van der Waals surface area contributed by atoms with Crippen LogP contribution in [-0.2, 0) is 0 Å². The molecular formula is C10H13N3O3. The lowest BCUT2D eigenvalue weighted by Crippen LogP contribution is -2.33. The maximum absolute atomic E-state index is 11.9. The van der Waals surface area contributed by atoms with E-state index in [4.69, 9.17) is 0 Å². The maximum Gasteiger partial charge on any atom is 0.323 e. The minimum atomic E-state index is -0.371. The Hall–Kier alpha value is -1.56. The molecule has 0 radical (unpaired) electrons. The lowest BCUT2D eigenvalue weighted by molar-refractivity contribution is 0.0746. The average Bonchev–Trinajstić information content (AvgIpc) is 2.64. The Morgan fingerprint density at radius 2 is 2.50 bits per heavy atom. The van der Waals surface area contributed by atoms with Crippen LogP contribution in [0, 0.1) is 11.3 Å². The van der Waals surface area contributed by atoms with Crippen molar-refractivity contribution in [3.05, 3.63) is 22.4 Å². The van der Waals surface area contributed by atoms with Crippen molar-refractivity contribution in [1.29, 1.82) is 0 Å². The molecule has 16 heavy (non-hydrogen) atoms. The van der Waals surface area contributed by atoms with Crippen molar-refractivity contribution in [2.45, 2.75) is 6.42 Å². The van der Waals surface area contributed by atoms with Crippen LogP contribution in [0.4, 0.5) is 0 Å². The summed E-state index contributed by atoms with van der Waals surface area (Å²) in [5.74, 6) is 0.269. The summed E-state index contributed by atoms with van der Waals surface area (Å²) in [6.45, 7) is 1.43. The number of hydrogen-bond acceptors (Lipinski definition) is 3. The van der Waals surface area contributed by atoms with Gasteiger partial charge in [0.05, 0.1) is 6.61 Å². The van der Waals surface area contributed by atoms with Crippen LogP contribution in [0.5, 0.6) is 0 Å². The molecule has 0 spiro atoms. The number of rotatable bonds is 2. The van der Waals surface area contributed by atoms with Crippen molar-refractivity contribution >= 4 is 5.91 Å². The van der Waals surface area contributed by atoms with E-state index < -0.39 is 0 Å². The van der Waals surface area contributed by atoms with Crippen molar-refractivity contribution in [3.63, 3.8) is 0 Å². The number of carbonyl (C=O) groups excluding carboxylic acids is 1. The molecule has 0 aromatic carbocycles. The zero-order valence-electron chi connectivity index (χ0n) is 8.69. The van der Waals surface area contributed by atoms with Gasteiger partial charge in [0.25, 0.3) is 5.91 Å². The minimum Gasteiger partial charge on any atom is -0.396 e. The second-order valence-electron chi connectivity index (χ2n) is 4.76. The second kappa shape index (κ2) is 2.98. The molecule has 3 rings (SSSR count). The van der Waals surface area contributed by atoms with E-state index in [0.717, 1.165) is 6.42 Å². The molecule has 1 amide bonds. The molecule has 6 heteroatoms. The molecule has 1 aromatic rings. The largest absolute Gasteiger partial charge is 0.396 e. The number of aliphatic hydroxyl groups is 1. The zero-order valence-corrected chi connectivity index (χ0v) is 8.69. The van der Waals surface area contributed by atoms with Crippen LogP contribution in [0.15, 0.2) is 11.0 Å². The highest BCUT2D eigenvalue weighted by atomic mass is 16.3. The van der Waals surface area contributed by atoms with Crippen LogP contribution in [0.25, 0.3) is 0 Å². The number of hydrogen-bond donors (Lipinski definition) is 3. The van der Waals surface area contributed by atoms with Crippen LogP contribution in [0.1, 0.15) is 16.9 Å². The Morgan fingerprint density at radius 1 is 1.69 bits per heavy atom. The van der Waals surface area contributed by atoms with Crippen LogP contribution < -0.4 is 5.69 Å². The van der Waals surface area contributed by atoms with Gasteiger partial charge in [-0.25, -0.2) is 4.79 Å². The van der Waals surface area contributed by atoms with E-state index in [1.54, 1.807) is 4.90 Å². The maximum atomic E-state index is 11.9. The van der Waals surface area contributed by atoms with Gasteiger partial charge in [-0.1, -0.05) is 0 Å². The van der Waals surface area contributed by atoms with E-state index in [2.05, 4.69) is 9.97 Å². The second-order valence-corrected chi connectivity index (χ2v) is 4.76. The lowest BCUT2D eigenvalue weighted by atomic mass is 10.1. The summed E-state index contributed by atoms with van der Waals surface area (Å²) in [6.07, 6.45) is 2.40. The number of nitrogens with one attached hydrogen (secondary N) is 2. The highest BCUT2D eigenvalue weighted by molar-refractivity contribution is 5.92. The highest BCUT2D eigenvalue weighted by Gasteiger charge is 2.60. The van der Waals surface area contributed by atoms with Crippen molar-refractivity contribution in [2.75, 3.05) is 19.7 Å². The van der Waals surface area contributed by atoms with Gasteiger partial charge in [-0.3, -0.25) is 4.79 Å². The summed E-state index contributed by atoms with van der Waals surface area (Å²) in [6, 6.07) is 0. The molecule has 2 aliphatic rings. The molecule has 86 valence electrons. The third-order valence-corrected chi connectivity index (χ3v) is 3.73. The van der Waals surface area contributed by atoms with Gasteiger partial charge < -0.3 is 20.0 Å². The predicted molar refractivity (Wildman–Crippen MR) is 54.9 cm³/mol. The van der Waals surface area contributed by atoms with Gasteiger partial charge in [-0.05, 0) is 12.3 Å². The van der Waals surface area contributed by atoms with Gasteiger partial charge in [0.2, 0.25) is 0 Å². The Labute approximate surface area is 91.3 Å². The molecule has 1 aliphatic heterocycles. The summed E-state index contributed by atoms with van der Waals surface area (Å²) >= 11 is 0. The summed E-state index contributed by atoms with van der Waals surface area (Å²) in [5.41, 5.74) is -0.129. The topological polar surface area (TPSA) is 89.2 Å². The molecular weight excluding hydrogens is 210 g/mol. The average molecular weight is 223 g/mol. The number of H-pyrrole nitrogens is 2. The van der Waals surface area contributed by atoms with Gasteiger partial charge in [0, 0.05) is 24.7 Å². The normalized spacial score (nSPS) is 31.6. The van der Waals surface area contributed by atoms with Gasteiger partial charge in [-0.2, -0.15) is 0 Å². The first kappa shape index (κ1) is 9.65. The molecule has 2 fully saturated rings. The van der Waals surface area contributed by atoms with E-state index in [-0.39, 0.29) is 23.6 Å². The number of aromatic amines is 2. The van der Waals surface area contributed by atoms with E-state index in [1.165, 1.54) is 6.20 Å². The van der Waals surface area contributed by atoms with Gasteiger partial charge in [0.15, 0.2) is 0 Å². The quantitative estimate of drug-likeness (QED) is 0.610. The van der Waals surface area contributed by atoms with Gasteiger partial charge >= 0.3 is 5.69 Å². The molecule has 1 saturated heterocycles. The van der Waals surface area contributed by atoms with Crippen molar-refractivity contribution < 1.29 is 9.90 Å². The number of amides is 1. The molecule has 2 heterocycles. The Balaban J connectivity index is 1.76. The third kappa shape index (κ3) is 1.23. The number of fused-ring (bicyclic) bond motifs is 1. The molecule has 2 atom stereocenters. The highest BCUT2D eigenvalue weighted by Crippen LogP contribution is 2.57. The molecule has 3 N–H and O–H groups in total. The van der Waals surface area contributed by atoms with E-state index in [1.807, 2.05) is 0 Å². The predicted octanol–water partition coefficient (Wildman–Crippen LogP) is -0.843. The van der Waals surface area contributed by atoms with Crippen molar-refractivity contribution in [3.8, 4) is 0 Å². The Bertz CT molecular complexity index is 487. The molecule has 6 nitrogen and oxygen atoms in total. The summed E-state index contributed by atoms with van der Waals surface area (Å²) in [5, 5.41) is 9.24. The molecule has 0 bridgehead atoms. The first-order valence-electron chi connectivity index (χ1n) is 5.32.